The van der Waals surface area contributed by atoms with Crippen LogP contribution in [0.5, 0.6) is 0 Å². The van der Waals surface area contributed by atoms with Crippen LogP contribution in [0.3, 0.4) is 0 Å². The Labute approximate surface area is 112 Å². The van der Waals surface area contributed by atoms with Crippen LogP contribution in [0.2, 0.25) is 0 Å². The number of aromatic nitrogens is 1. The van der Waals surface area contributed by atoms with E-state index in [2.05, 4.69) is 11.9 Å². The lowest BCUT2D eigenvalue weighted by Gasteiger charge is -2.07. The number of hydrogen-bond donors (Lipinski definition) is 1. The van der Waals surface area contributed by atoms with Crippen LogP contribution in [-0.4, -0.2) is 16.8 Å². The number of oxazole rings is 1. The smallest absolute Gasteiger partial charge is 0.226 e. The molecule has 1 atom stereocenters. The van der Waals surface area contributed by atoms with E-state index in [0.717, 1.165) is 30.0 Å². The molecule has 0 saturated carbocycles. The van der Waals surface area contributed by atoms with Gasteiger partial charge in [-0.1, -0.05) is 25.1 Å². The first-order valence-electron chi connectivity index (χ1n) is 6.11. The normalized spacial score (nSPS) is 12.6. The SMILES string of the molecule is CC(CCN)SCc1coc(-c2ccccc2)n1. The largest absolute Gasteiger partial charge is 0.444 e. The van der Waals surface area contributed by atoms with E-state index in [1.54, 1.807) is 6.26 Å². The standard InChI is InChI=1S/C14H18N2OS/c1-11(7-8-15)18-10-13-9-17-14(16-13)12-5-3-2-4-6-12/h2-6,9,11H,7-8,10,15H2,1H3. The predicted octanol–water partition coefficient (Wildman–Crippen LogP) is 3.31. The van der Waals surface area contributed by atoms with Crippen LogP contribution in [-0.2, 0) is 5.75 Å². The van der Waals surface area contributed by atoms with Crippen molar-refractivity contribution in [1.82, 2.24) is 4.98 Å². The van der Waals surface area contributed by atoms with Gasteiger partial charge in [-0.15, -0.1) is 0 Å². The molecule has 2 rings (SSSR count). The third kappa shape index (κ3) is 3.62. The highest BCUT2D eigenvalue weighted by Gasteiger charge is 2.08. The predicted molar refractivity (Wildman–Crippen MR) is 76.4 cm³/mol. The summed E-state index contributed by atoms with van der Waals surface area (Å²) in [5.74, 6) is 1.56. The van der Waals surface area contributed by atoms with E-state index in [1.165, 1.54) is 0 Å². The topological polar surface area (TPSA) is 52.0 Å². The zero-order valence-electron chi connectivity index (χ0n) is 10.5. The first kappa shape index (κ1) is 13.2. The summed E-state index contributed by atoms with van der Waals surface area (Å²) in [7, 11) is 0. The zero-order valence-corrected chi connectivity index (χ0v) is 11.3. The third-order valence-corrected chi connectivity index (χ3v) is 3.93. The van der Waals surface area contributed by atoms with Crippen molar-refractivity contribution in [3.8, 4) is 11.5 Å². The maximum Gasteiger partial charge on any atom is 0.226 e. The molecule has 18 heavy (non-hydrogen) atoms. The molecule has 0 spiro atoms. The molecule has 96 valence electrons. The highest BCUT2D eigenvalue weighted by Crippen LogP contribution is 2.22. The van der Waals surface area contributed by atoms with E-state index in [4.69, 9.17) is 10.2 Å². The number of nitrogens with zero attached hydrogens (tertiary/aromatic N) is 1. The summed E-state index contributed by atoms with van der Waals surface area (Å²) in [6.45, 7) is 2.93. The van der Waals surface area contributed by atoms with Gasteiger partial charge >= 0.3 is 0 Å². The molecule has 1 heterocycles. The Bertz CT molecular complexity index is 470. The average Bonchev–Trinajstić information content (AvgIpc) is 2.87. The number of hydrogen-bond acceptors (Lipinski definition) is 4. The monoisotopic (exact) mass is 262 g/mol. The van der Waals surface area contributed by atoms with Crippen molar-refractivity contribution >= 4 is 11.8 Å². The van der Waals surface area contributed by atoms with Gasteiger partial charge in [0.15, 0.2) is 0 Å². The Morgan fingerprint density at radius 3 is 2.83 bits per heavy atom. The molecule has 0 aliphatic carbocycles. The van der Waals surface area contributed by atoms with E-state index in [0.29, 0.717) is 11.1 Å². The molecule has 4 heteroatoms. The van der Waals surface area contributed by atoms with Crippen molar-refractivity contribution in [2.45, 2.75) is 24.3 Å². The Morgan fingerprint density at radius 2 is 2.11 bits per heavy atom. The highest BCUT2D eigenvalue weighted by molar-refractivity contribution is 7.99. The van der Waals surface area contributed by atoms with Crippen molar-refractivity contribution < 1.29 is 4.42 Å². The van der Waals surface area contributed by atoms with Gasteiger partial charge in [-0.3, -0.25) is 0 Å². The van der Waals surface area contributed by atoms with Gasteiger partial charge in [0.25, 0.3) is 0 Å². The molecule has 3 nitrogen and oxygen atoms in total. The molecule has 0 aliphatic rings. The number of nitrogens with two attached hydrogens (primary N) is 1. The number of thioether (sulfide) groups is 1. The first-order chi connectivity index (χ1) is 8.79. The molecule has 0 aliphatic heterocycles. The second kappa shape index (κ2) is 6.61. The number of rotatable bonds is 6. The lowest BCUT2D eigenvalue weighted by atomic mass is 10.2. The highest BCUT2D eigenvalue weighted by atomic mass is 32.2. The summed E-state index contributed by atoms with van der Waals surface area (Å²) in [5.41, 5.74) is 7.54. The molecule has 2 aromatic rings. The molecule has 0 amide bonds. The van der Waals surface area contributed by atoms with Crippen LogP contribution in [0, 0.1) is 0 Å². The molecule has 2 N–H and O–H groups in total. The summed E-state index contributed by atoms with van der Waals surface area (Å²) < 4.78 is 5.49. The fourth-order valence-corrected chi connectivity index (χ4v) is 2.52. The van der Waals surface area contributed by atoms with Crippen LogP contribution < -0.4 is 5.73 Å². The van der Waals surface area contributed by atoms with Gasteiger partial charge in [0, 0.05) is 16.6 Å². The van der Waals surface area contributed by atoms with E-state index < -0.39 is 0 Å². The van der Waals surface area contributed by atoms with E-state index in [-0.39, 0.29) is 0 Å². The minimum Gasteiger partial charge on any atom is -0.444 e. The van der Waals surface area contributed by atoms with Crippen molar-refractivity contribution in [3.63, 3.8) is 0 Å². The van der Waals surface area contributed by atoms with Gasteiger partial charge in [0.05, 0.1) is 5.69 Å². The van der Waals surface area contributed by atoms with Crippen LogP contribution in [0.4, 0.5) is 0 Å². The molecule has 0 fully saturated rings. The Balaban J connectivity index is 1.95. The quantitative estimate of drug-likeness (QED) is 0.867. The van der Waals surface area contributed by atoms with E-state index in [1.807, 2.05) is 42.1 Å². The van der Waals surface area contributed by atoms with E-state index >= 15 is 0 Å². The van der Waals surface area contributed by atoms with Crippen LogP contribution >= 0.6 is 11.8 Å². The van der Waals surface area contributed by atoms with Crippen LogP contribution in [0.25, 0.3) is 11.5 Å². The molecular formula is C14H18N2OS. The Morgan fingerprint density at radius 1 is 1.33 bits per heavy atom. The van der Waals surface area contributed by atoms with Gasteiger partial charge in [-0.2, -0.15) is 11.8 Å². The van der Waals surface area contributed by atoms with Gasteiger partial charge in [0.2, 0.25) is 5.89 Å². The summed E-state index contributed by atoms with van der Waals surface area (Å²) in [6, 6.07) is 9.95. The maximum absolute atomic E-state index is 5.53. The molecule has 1 aromatic heterocycles. The number of benzene rings is 1. The fraction of sp³-hybridized carbons (Fsp3) is 0.357. The van der Waals surface area contributed by atoms with Crippen molar-refractivity contribution in [1.29, 1.82) is 0 Å². The zero-order chi connectivity index (χ0) is 12.8. The summed E-state index contributed by atoms with van der Waals surface area (Å²) in [5, 5.41) is 0.562. The second-order valence-corrected chi connectivity index (χ2v) is 5.64. The third-order valence-electron chi connectivity index (χ3n) is 2.66. The summed E-state index contributed by atoms with van der Waals surface area (Å²) >= 11 is 1.86. The summed E-state index contributed by atoms with van der Waals surface area (Å²) in [6.07, 6.45) is 2.78. The van der Waals surface area contributed by atoms with E-state index in [9.17, 15) is 0 Å². The van der Waals surface area contributed by atoms with Crippen molar-refractivity contribution in [2.24, 2.45) is 5.73 Å². The first-order valence-corrected chi connectivity index (χ1v) is 7.16. The molecule has 1 unspecified atom stereocenters. The van der Waals surface area contributed by atoms with Gasteiger partial charge in [-0.25, -0.2) is 4.98 Å². The molecule has 1 aromatic carbocycles. The molecule has 0 saturated heterocycles. The Kier molecular flexibility index (Phi) is 4.84. The summed E-state index contributed by atoms with van der Waals surface area (Å²) in [4.78, 5) is 4.49. The Hall–Kier alpha value is -1.26. The second-order valence-electron chi connectivity index (χ2n) is 4.21. The van der Waals surface area contributed by atoms with Gasteiger partial charge < -0.3 is 10.2 Å². The molecule has 0 radical (unpaired) electrons. The average molecular weight is 262 g/mol. The van der Waals surface area contributed by atoms with Crippen LogP contribution in [0.1, 0.15) is 19.0 Å². The molecular weight excluding hydrogens is 244 g/mol. The lowest BCUT2D eigenvalue weighted by Crippen LogP contribution is -2.07. The fourth-order valence-electron chi connectivity index (χ4n) is 1.63. The van der Waals surface area contributed by atoms with Gasteiger partial charge in [-0.05, 0) is 25.1 Å². The van der Waals surface area contributed by atoms with Crippen molar-refractivity contribution in [2.75, 3.05) is 6.54 Å². The minimum absolute atomic E-state index is 0.562. The molecule has 0 bridgehead atoms. The lowest BCUT2D eigenvalue weighted by molar-refractivity contribution is 0.573. The van der Waals surface area contributed by atoms with Crippen molar-refractivity contribution in [3.05, 3.63) is 42.3 Å². The maximum atomic E-state index is 5.53. The van der Waals surface area contributed by atoms with Gasteiger partial charge in [0.1, 0.15) is 6.26 Å². The minimum atomic E-state index is 0.562. The van der Waals surface area contributed by atoms with Crippen LogP contribution in [0.15, 0.2) is 41.0 Å².